The van der Waals surface area contributed by atoms with Crippen LogP contribution in [0.25, 0.3) is 10.8 Å². The number of aromatic nitrogens is 1. The molecule has 0 atom stereocenters. The number of pyridine rings is 1. The Balaban J connectivity index is 2.61. The fourth-order valence-corrected chi connectivity index (χ4v) is 2.14. The Morgan fingerprint density at radius 1 is 1.33 bits per heavy atom. The molecule has 0 fully saturated rings. The number of benzene rings is 1. The number of likely N-dealkylation sites (N-methyl/N-ethyl adjacent to an activating group) is 1. The summed E-state index contributed by atoms with van der Waals surface area (Å²) in [4.78, 5) is 6.65. The van der Waals surface area contributed by atoms with E-state index in [0.717, 1.165) is 35.2 Å². The molecule has 0 bridgehead atoms. The van der Waals surface area contributed by atoms with Gasteiger partial charge in [0.05, 0.1) is 6.61 Å². The van der Waals surface area contributed by atoms with E-state index < -0.39 is 0 Å². The van der Waals surface area contributed by atoms with Crippen LogP contribution < -0.4 is 4.90 Å². The summed E-state index contributed by atoms with van der Waals surface area (Å²) in [5.41, 5.74) is 0.865. The molecule has 0 spiro atoms. The van der Waals surface area contributed by atoms with Gasteiger partial charge < -0.3 is 10.0 Å². The molecule has 0 aliphatic heterocycles. The summed E-state index contributed by atoms with van der Waals surface area (Å²) in [5, 5.41) is 11.5. The third-order valence-electron chi connectivity index (χ3n) is 3.06. The summed E-state index contributed by atoms with van der Waals surface area (Å²) in [6, 6.07) is 8.04. The van der Waals surface area contributed by atoms with E-state index in [1.54, 1.807) is 6.20 Å². The van der Waals surface area contributed by atoms with Gasteiger partial charge in [0.25, 0.3) is 0 Å². The van der Waals surface area contributed by atoms with E-state index in [1.165, 1.54) is 0 Å². The average Bonchev–Trinajstić information content (AvgIpc) is 2.44. The molecule has 0 amide bonds. The number of aliphatic hydroxyl groups is 1. The molecular weight excluding hydrogens is 224 g/mol. The summed E-state index contributed by atoms with van der Waals surface area (Å²) in [5.74, 6) is 0.949. The van der Waals surface area contributed by atoms with Crippen molar-refractivity contribution in [3.63, 3.8) is 0 Å². The molecular formula is C15H18N2O. The van der Waals surface area contributed by atoms with Gasteiger partial charge in [-0.2, -0.15) is 0 Å². The fraction of sp³-hybridized carbons (Fsp3) is 0.267. The zero-order valence-electron chi connectivity index (χ0n) is 10.6. The van der Waals surface area contributed by atoms with E-state index in [2.05, 4.69) is 23.4 Å². The van der Waals surface area contributed by atoms with Gasteiger partial charge in [-0.05, 0) is 12.3 Å². The molecule has 94 valence electrons. The molecule has 0 aliphatic rings. The molecule has 1 N–H and O–H groups in total. The Labute approximate surface area is 107 Å². The summed E-state index contributed by atoms with van der Waals surface area (Å²) >= 11 is 0. The van der Waals surface area contributed by atoms with Crippen LogP contribution in [-0.2, 0) is 6.61 Å². The SMILES string of the molecule is C=CCN(CC)c1ncc(CO)c2ccccc12. The Hall–Kier alpha value is -1.87. The standard InChI is InChI=1S/C15H18N2O/c1-3-9-17(4-2)15-14-8-6-5-7-13(14)12(11-18)10-16-15/h3,5-8,10,18H,1,4,9,11H2,2H3. The molecule has 0 unspecified atom stereocenters. The molecule has 0 saturated heterocycles. The van der Waals surface area contributed by atoms with Crippen LogP contribution >= 0.6 is 0 Å². The highest BCUT2D eigenvalue weighted by Crippen LogP contribution is 2.27. The normalized spacial score (nSPS) is 10.6. The molecule has 3 heteroatoms. The first-order valence-corrected chi connectivity index (χ1v) is 6.15. The highest BCUT2D eigenvalue weighted by Gasteiger charge is 2.10. The number of hydrogen-bond donors (Lipinski definition) is 1. The van der Waals surface area contributed by atoms with Crippen molar-refractivity contribution in [3.8, 4) is 0 Å². The maximum atomic E-state index is 9.36. The lowest BCUT2D eigenvalue weighted by molar-refractivity contribution is 0.283. The maximum Gasteiger partial charge on any atom is 0.136 e. The molecule has 2 aromatic rings. The van der Waals surface area contributed by atoms with Crippen molar-refractivity contribution >= 4 is 16.6 Å². The lowest BCUT2D eigenvalue weighted by atomic mass is 10.1. The average molecular weight is 242 g/mol. The van der Waals surface area contributed by atoms with E-state index in [4.69, 9.17) is 0 Å². The number of nitrogens with zero attached hydrogens (tertiary/aromatic N) is 2. The van der Waals surface area contributed by atoms with E-state index in [-0.39, 0.29) is 6.61 Å². The number of anilines is 1. The second kappa shape index (κ2) is 5.65. The van der Waals surface area contributed by atoms with Crippen LogP contribution in [0.1, 0.15) is 12.5 Å². The number of fused-ring (bicyclic) bond motifs is 1. The lowest BCUT2D eigenvalue weighted by Crippen LogP contribution is -2.23. The van der Waals surface area contributed by atoms with Crippen LogP contribution in [0.2, 0.25) is 0 Å². The molecule has 0 saturated carbocycles. The van der Waals surface area contributed by atoms with E-state index in [1.807, 2.05) is 30.3 Å². The van der Waals surface area contributed by atoms with Crippen LogP contribution in [-0.4, -0.2) is 23.2 Å². The van der Waals surface area contributed by atoms with Gasteiger partial charge in [0.1, 0.15) is 5.82 Å². The summed E-state index contributed by atoms with van der Waals surface area (Å²) in [7, 11) is 0. The minimum absolute atomic E-state index is 0.0153. The maximum absolute atomic E-state index is 9.36. The second-order valence-electron chi connectivity index (χ2n) is 4.14. The highest BCUT2D eigenvalue weighted by molar-refractivity contribution is 5.94. The molecule has 1 heterocycles. The van der Waals surface area contributed by atoms with Crippen LogP contribution in [0, 0.1) is 0 Å². The fourth-order valence-electron chi connectivity index (χ4n) is 2.14. The molecule has 18 heavy (non-hydrogen) atoms. The predicted octanol–water partition coefficient (Wildman–Crippen LogP) is 2.74. The lowest BCUT2D eigenvalue weighted by Gasteiger charge is -2.22. The van der Waals surface area contributed by atoms with Gasteiger partial charge in [0.15, 0.2) is 0 Å². The topological polar surface area (TPSA) is 36.4 Å². The zero-order valence-corrected chi connectivity index (χ0v) is 10.6. The first-order valence-electron chi connectivity index (χ1n) is 6.15. The van der Waals surface area contributed by atoms with Gasteiger partial charge >= 0.3 is 0 Å². The molecule has 0 aliphatic carbocycles. The smallest absolute Gasteiger partial charge is 0.136 e. The summed E-state index contributed by atoms with van der Waals surface area (Å²) in [6.07, 6.45) is 3.63. The Morgan fingerprint density at radius 3 is 2.67 bits per heavy atom. The van der Waals surface area contributed by atoms with Crippen LogP contribution in [0.15, 0.2) is 43.1 Å². The zero-order chi connectivity index (χ0) is 13.0. The van der Waals surface area contributed by atoms with Crippen molar-refractivity contribution < 1.29 is 5.11 Å². The third kappa shape index (κ3) is 2.22. The predicted molar refractivity (Wildman–Crippen MR) is 75.7 cm³/mol. The van der Waals surface area contributed by atoms with Crippen molar-refractivity contribution in [1.29, 1.82) is 0 Å². The van der Waals surface area contributed by atoms with E-state index in [0.29, 0.717) is 0 Å². The first-order chi connectivity index (χ1) is 8.81. The largest absolute Gasteiger partial charge is 0.392 e. The Kier molecular flexibility index (Phi) is 3.95. The van der Waals surface area contributed by atoms with Gasteiger partial charge in [-0.15, -0.1) is 6.58 Å². The first kappa shape index (κ1) is 12.6. The highest BCUT2D eigenvalue weighted by atomic mass is 16.3. The monoisotopic (exact) mass is 242 g/mol. The molecule has 3 nitrogen and oxygen atoms in total. The minimum atomic E-state index is 0.0153. The molecule has 1 aromatic heterocycles. The van der Waals surface area contributed by atoms with E-state index in [9.17, 15) is 5.11 Å². The van der Waals surface area contributed by atoms with E-state index >= 15 is 0 Å². The van der Waals surface area contributed by atoms with Crippen molar-refractivity contribution in [2.45, 2.75) is 13.5 Å². The number of aliphatic hydroxyl groups excluding tert-OH is 1. The van der Waals surface area contributed by atoms with Crippen molar-refractivity contribution in [1.82, 2.24) is 4.98 Å². The van der Waals surface area contributed by atoms with Crippen LogP contribution in [0.4, 0.5) is 5.82 Å². The van der Waals surface area contributed by atoms with Gasteiger partial charge in [-0.25, -0.2) is 4.98 Å². The molecule has 0 radical (unpaired) electrons. The van der Waals surface area contributed by atoms with Crippen LogP contribution in [0.3, 0.4) is 0 Å². The van der Waals surface area contributed by atoms with Crippen molar-refractivity contribution in [2.75, 3.05) is 18.0 Å². The van der Waals surface area contributed by atoms with Crippen LogP contribution in [0.5, 0.6) is 0 Å². The Bertz CT molecular complexity index is 551. The van der Waals surface area contributed by atoms with Crippen molar-refractivity contribution in [2.24, 2.45) is 0 Å². The number of hydrogen-bond acceptors (Lipinski definition) is 3. The second-order valence-corrected chi connectivity index (χ2v) is 4.14. The summed E-state index contributed by atoms with van der Waals surface area (Å²) in [6.45, 7) is 7.54. The third-order valence-corrected chi connectivity index (χ3v) is 3.06. The number of rotatable bonds is 5. The Morgan fingerprint density at radius 2 is 2.06 bits per heavy atom. The minimum Gasteiger partial charge on any atom is -0.392 e. The van der Waals surface area contributed by atoms with Gasteiger partial charge in [-0.1, -0.05) is 30.3 Å². The quantitative estimate of drug-likeness (QED) is 0.819. The van der Waals surface area contributed by atoms with Crippen molar-refractivity contribution in [3.05, 3.63) is 48.7 Å². The summed E-state index contributed by atoms with van der Waals surface area (Å²) < 4.78 is 0. The molecule has 1 aromatic carbocycles. The van der Waals surface area contributed by atoms with Gasteiger partial charge in [-0.3, -0.25) is 0 Å². The van der Waals surface area contributed by atoms with Gasteiger partial charge in [0.2, 0.25) is 0 Å². The van der Waals surface area contributed by atoms with Gasteiger partial charge in [0, 0.05) is 30.2 Å². The molecule has 2 rings (SSSR count).